The molecule has 0 aliphatic rings. The van der Waals surface area contributed by atoms with Crippen LogP contribution in [0.3, 0.4) is 0 Å². The van der Waals surface area contributed by atoms with Gasteiger partial charge in [0.15, 0.2) is 0 Å². The van der Waals surface area contributed by atoms with Crippen LogP contribution >= 0.6 is 12.6 Å². The minimum Gasteiger partial charge on any atom is -0.390 e. The zero-order valence-electron chi connectivity index (χ0n) is 9.10. The predicted octanol–water partition coefficient (Wildman–Crippen LogP) is 1.67. The first-order valence-electron chi connectivity index (χ1n) is 4.40. The lowest BCUT2D eigenvalue weighted by Gasteiger charge is -2.41. The van der Waals surface area contributed by atoms with E-state index in [1.54, 1.807) is 0 Å². The SMILES string of the molecule is BC(C)(CC(C)(C)O)C(C)(C)S. The van der Waals surface area contributed by atoms with Gasteiger partial charge in [-0.25, -0.2) is 0 Å². The standard InChI is InChI=1S/C9H21BOS/c1-7(2,11)6-9(5,10)8(3,4)12/h11-12H,6,10H2,1-5H3. The Morgan fingerprint density at radius 1 is 1.17 bits per heavy atom. The maximum Gasteiger partial charge on any atom is 0.111 e. The van der Waals surface area contributed by atoms with Gasteiger partial charge in [0.2, 0.25) is 0 Å². The molecule has 72 valence electrons. The van der Waals surface area contributed by atoms with Gasteiger partial charge < -0.3 is 5.11 Å². The molecule has 1 atom stereocenters. The Bertz CT molecular complexity index is 153. The van der Waals surface area contributed by atoms with Gasteiger partial charge in [-0.05, 0) is 25.6 Å². The highest BCUT2D eigenvalue weighted by atomic mass is 32.1. The third-order valence-corrected chi connectivity index (χ3v) is 3.14. The van der Waals surface area contributed by atoms with Crippen molar-refractivity contribution in [1.82, 2.24) is 0 Å². The van der Waals surface area contributed by atoms with E-state index in [1.165, 1.54) is 0 Å². The molecule has 0 amide bonds. The highest BCUT2D eigenvalue weighted by Gasteiger charge is 2.37. The highest BCUT2D eigenvalue weighted by molar-refractivity contribution is 7.82. The van der Waals surface area contributed by atoms with Crippen LogP contribution in [0.5, 0.6) is 0 Å². The zero-order chi connectivity index (χ0) is 10.2. The van der Waals surface area contributed by atoms with Crippen LogP contribution in [0.2, 0.25) is 5.31 Å². The minimum atomic E-state index is -0.608. The number of aliphatic hydroxyl groups is 1. The van der Waals surface area contributed by atoms with E-state index in [0.29, 0.717) is 0 Å². The molecule has 1 nitrogen and oxygen atoms in total. The fourth-order valence-corrected chi connectivity index (χ4v) is 1.38. The van der Waals surface area contributed by atoms with E-state index in [2.05, 4.69) is 41.2 Å². The fraction of sp³-hybridized carbons (Fsp3) is 1.00. The van der Waals surface area contributed by atoms with Crippen molar-refractivity contribution >= 4 is 20.5 Å². The van der Waals surface area contributed by atoms with Gasteiger partial charge in [0.1, 0.15) is 7.85 Å². The molecule has 0 saturated carbocycles. The molecule has 0 fully saturated rings. The molecule has 0 radical (unpaired) electrons. The number of hydrogen-bond acceptors (Lipinski definition) is 2. The van der Waals surface area contributed by atoms with Crippen molar-refractivity contribution in [1.29, 1.82) is 0 Å². The molecule has 1 unspecified atom stereocenters. The molecule has 0 saturated heterocycles. The largest absolute Gasteiger partial charge is 0.390 e. The Hall–Kier alpha value is 0.375. The third-order valence-electron chi connectivity index (χ3n) is 2.53. The summed E-state index contributed by atoms with van der Waals surface area (Å²) in [6.07, 6.45) is 0.760. The first-order valence-corrected chi connectivity index (χ1v) is 4.85. The second kappa shape index (κ2) is 3.26. The molecule has 0 rings (SSSR count). The maximum absolute atomic E-state index is 9.68. The van der Waals surface area contributed by atoms with Crippen molar-refractivity contribution in [3.05, 3.63) is 0 Å². The van der Waals surface area contributed by atoms with E-state index in [0.717, 1.165) is 6.42 Å². The van der Waals surface area contributed by atoms with Gasteiger partial charge in [0, 0.05) is 4.75 Å². The van der Waals surface area contributed by atoms with Gasteiger partial charge in [0.05, 0.1) is 5.60 Å². The average molecular weight is 188 g/mol. The van der Waals surface area contributed by atoms with Crippen LogP contribution in [0.4, 0.5) is 0 Å². The van der Waals surface area contributed by atoms with E-state index in [-0.39, 0.29) is 10.1 Å². The van der Waals surface area contributed by atoms with Gasteiger partial charge in [-0.2, -0.15) is 12.6 Å². The van der Waals surface area contributed by atoms with Crippen LogP contribution in [0, 0.1) is 0 Å². The second-order valence-electron chi connectivity index (χ2n) is 5.43. The van der Waals surface area contributed by atoms with Gasteiger partial charge in [-0.3, -0.25) is 0 Å². The highest BCUT2D eigenvalue weighted by Crippen LogP contribution is 2.45. The summed E-state index contributed by atoms with van der Waals surface area (Å²) in [5, 5.41) is 9.72. The molecule has 0 aliphatic carbocycles. The van der Waals surface area contributed by atoms with Gasteiger partial charge in [-0.1, -0.05) is 20.8 Å². The van der Waals surface area contributed by atoms with E-state index in [4.69, 9.17) is 0 Å². The smallest absolute Gasteiger partial charge is 0.111 e. The molecule has 0 heterocycles. The summed E-state index contributed by atoms with van der Waals surface area (Å²) in [4.78, 5) is 0. The summed E-state index contributed by atoms with van der Waals surface area (Å²) in [6.45, 7) is 9.99. The van der Waals surface area contributed by atoms with Gasteiger partial charge in [0.25, 0.3) is 0 Å². The third kappa shape index (κ3) is 3.86. The Morgan fingerprint density at radius 2 is 1.50 bits per heavy atom. The van der Waals surface area contributed by atoms with Crippen molar-refractivity contribution in [2.24, 2.45) is 0 Å². The van der Waals surface area contributed by atoms with Crippen LogP contribution in [0.25, 0.3) is 0 Å². The number of hydrogen-bond donors (Lipinski definition) is 2. The molecule has 12 heavy (non-hydrogen) atoms. The van der Waals surface area contributed by atoms with Gasteiger partial charge in [-0.15, -0.1) is 0 Å². The fourth-order valence-electron chi connectivity index (χ4n) is 1.30. The van der Waals surface area contributed by atoms with E-state index >= 15 is 0 Å². The lowest BCUT2D eigenvalue weighted by atomic mass is 9.58. The summed E-state index contributed by atoms with van der Waals surface area (Å²) >= 11 is 4.54. The second-order valence-corrected chi connectivity index (χ2v) is 6.55. The van der Waals surface area contributed by atoms with E-state index in [9.17, 15) is 5.11 Å². The van der Waals surface area contributed by atoms with Crippen molar-refractivity contribution < 1.29 is 5.11 Å². The van der Waals surface area contributed by atoms with Crippen molar-refractivity contribution in [3.8, 4) is 0 Å². The lowest BCUT2D eigenvalue weighted by molar-refractivity contribution is 0.0545. The van der Waals surface area contributed by atoms with Crippen LogP contribution in [0.15, 0.2) is 0 Å². The first kappa shape index (κ1) is 12.4. The van der Waals surface area contributed by atoms with E-state index < -0.39 is 5.60 Å². The molecule has 0 aromatic carbocycles. The summed E-state index contributed by atoms with van der Waals surface area (Å²) in [5.41, 5.74) is -0.608. The van der Waals surface area contributed by atoms with Crippen LogP contribution in [0.1, 0.15) is 41.0 Å². The molecule has 0 aliphatic heterocycles. The van der Waals surface area contributed by atoms with Crippen LogP contribution in [-0.2, 0) is 0 Å². The van der Waals surface area contributed by atoms with Gasteiger partial charge >= 0.3 is 0 Å². The normalized spacial score (nSPS) is 18.9. The maximum atomic E-state index is 9.68. The molecule has 0 spiro atoms. The van der Waals surface area contributed by atoms with Crippen molar-refractivity contribution in [2.45, 2.75) is 56.7 Å². The quantitative estimate of drug-likeness (QED) is 0.510. The molecule has 0 aromatic heterocycles. The first-order chi connectivity index (χ1) is 4.96. The summed E-state index contributed by atoms with van der Waals surface area (Å²) < 4.78 is -0.0625. The molecule has 1 N–H and O–H groups in total. The lowest BCUT2D eigenvalue weighted by Crippen LogP contribution is -2.37. The van der Waals surface area contributed by atoms with Crippen molar-refractivity contribution in [2.75, 3.05) is 0 Å². The zero-order valence-corrected chi connectivity index (χ0v) is 10.00. The monoisotopic (exact) mass is 188 g/mol. The number of thiol groups is 1. The summed E-state index contributed by atoms with van der Waals surface area (Å²) in [6, 6.07) is 0. The molecular weight excluding hydrogens is 167 g/mol. The van der Waals surface area contributed by atoms with Crippen molar-refractivity contribution in [3.63, 3.8) is 0 Å². The Balaban J connectivity index is 4.44. The topological polar surface area (TPSA) is 20.2 Å². The molecule has 3 heteroatoms. The summed E-state index contributed by atoms with van der Waals surface area (Å²) in [5.74, 6) is 0. The predicted molar refractivity (Wildman–Crippen MR) is 60.9 cm³/mol. The van der Waals surface area contributed by atoms with E-state index in [1.807, 2.05) is 13.8 Å². The Labute approximate surface area is 82.8 Å². The molecular formula is C9H21BOS. The Morgan fingerprint density at radius 3 is 1.58 bits per heavy atom. The average Bonchev–Trinajstić information content (AvgIpc) is 1.52. The number of rotatable bonds is 3. The minimum absolute atomic E-state index is 0.0361. The van der Waals surface area contributed by atoms with Crippen LogP contribution < -0.4 is 0 Å². The Kier molecular flexibility index (Phi) is 3.36. The summed E-state index contributed by atoms with van der Waals surface area (Å²) in [7, 11) is 2.14. The molecule has 0 bridgehead atoms. The van der Waals surface area contributed by atoms with Crippen LogP contribution in [-0.4, -0.2) is 23.3 Å². The molecule has 0 aromatic rings.